The summed E-state index contributed by atoms with van der Waals surface area (Å²) in [4.78, 5) is 16.7. The van der Waals surface area contributed by atoms with Crippen molar-refractivity contribution in [2.45, 2.75) is 12.5 Å². The van der Waals surface area contributed by atoms with E-state index < -0.39 is 15.7 Å². The number of nitrogens with zero attached hydrogens (tertiary/aromatic N) is 1. The molecule has 1 fully saturated rings. The maximum Gasteiger partial charge on any atom is 0.261 e. The highest BCUT2D eigenvalue weighted by Crippen LogP contribution is 2.37. The summed E-state index contributed by atoms with van der Waals surface area (Å²) in [5, 5.41) is 6.35. The smallest absolute Gasteiger partial charge is 0.261 e. The van der Waals surface area contributed by atoms with Crippen LogP contribution in [0, 0.1) is 0 Å². The second-order valence-electron chi connectivity index (χ2n) is 5.63. The number of amides is 1. The summed E-state index contributed by atoms with van der Waals surface area (Å²) >= 11 is 0. The molecular weight excluding hydrogens is 364 g/mol. The first-order valence-electron chi connectivity index (χ1n) is 7.83. The van der Waals surface area contributed by atoms with Crippen molar-refractivity contribution in [2.75, 3.05) is 39.4 Å². The molecule has 0 unspecified atom stereocenters. The molecular formula is C16H22N2O7S. The van der Waals surface area contributed by atoms with Crippen molar-refractivity contribution in [3.63, 3.8) is 0 Å². The topological polar surface area (TPSA) is 113 Å². The fourth-order valence-electron chi connectivity index (χ4n) is 2.55. The van der Waals surface area contributed by atoms with Crippen molar-refractivity contribution in [3.8, 4) is 17.2 Å². The van der Waals surface area contributed by atoms with Gasteiger partial charge in [-0.1, -0.05) is 5.16 Å². The zero-order valence-corrected chi connectivity index (χ0v) is 15.7. The largest absolute Gasteiger partial charge is 0.493 e. The van der Waals surface area contributed by atoms with E-state index in [9.17, 15) is 13.2 Å². The highest BCUT2D eigenvalue weighted by molar-refractivity contribution is 7.91. The van der Waals surface area contributed by atoms with Gasteiger partial charge in [-0.15, -0.1) is 0 Å². The lowest BCUT2D eigenvalue weighted by atomic mass is 10.2. The van der Waals surface area contributed by atoms with E-state index in [-0.39, 0.29) is 24.2 Å². The highest BCUT2D eigenvalue weighted by Gasteiger charge is 2.28. The van der Waals surface area contributed by atoms with Gasteiger partial charge in [0.15, 0.2) is 27.9 Å². The fraction of sp³-hybridized carbons (Fsp3) is 0.500. The van der Waals surface area contributed by atoms with E-state index in [1.807, 2.05) is 0 Å². The van der Waals surface area contributed by atoms with Crippen LogP contribution in [-0.2, 0) is 19.5 Å². The van der Waals surface area contributed by atoms with Crippen LogP contribution in [0.1, 0.15) is 12.0 Å². The molecule has 0 spiro atoms. The molecule has 1 aliphatic rings. The summed E-state index contributed by atoms with van der Waals surface area (Å²) in [5.41, 5.74) is 0.627. The van der Waals surface area contributed by atoms with Crippen molar-refractivity contribution in [1.29, 1.82) is 0 Å². The number of hydrogen-bond acceptors (Lipinski definition) is 8. The Balaban J connectivity index is 1.89. The Bertz CT molecular complexity index is 752. The Hall–Kier alpha value is -2.49. The van der Waals surface area contributed by atoms with Crippen molar-refractivity contribution in [1.82, 2.24) is 5.32 Å². The Kier molecular flexibility index (Phi) is 6.67. The Morgan fingerprint density at radius 1 is 1.23 bits per heavy atom. The van der Waals surface area contributed by atoms with E-state index >= 15 is 0 Å². The minimum atomic E-state index is -3.04. The lowest BCUT2D eigenvalue weighted by Crippen LogP contribution is -2.37. The number of ether oxygens (including phenoxy) is 3. The number of carbonyl (C=O) groups is 1. The van der Waals surface area contributed by atoms with Gasteiger partial charge in [-0.25, -0.2) is 8.42 Å². The molecule has 1 saturated heterocycles. The van der Waals surface area contributed by atoms with E-state index in [0.717, 1.165) is 0 Å². The van der Waals surface area contributed by atoms with E-state index in [4.69, 9.17) is 19.0 Å². The SMILES string of the molecule is COc1cc(/C=N\OCC(=O)N[C@H]2CCS(=O)(=O)C2)cc(OC)c1OC. The Morgan fingerprint density at radius 3 is 2.38 bits per heavy atom. The number of benzene rings is 1. The minimum Gasteiger partial charge on any atom is -0.493 e. The van der Waals surface area contributed by atoms with Gasteiger partial charge in [0.05, 0.1) is 39.0 Å². The Morgan fingerprint density at radius 2 is 1.88 bits per heavy atom. The number of nitrogens with one attached hydrogen (secondary N) is 1. The van der Waals surface area contributed by atoms with Crippen LogP contribution in [0.2, 0.25) is 0 Å². The molecule has 1 amide bonds. The summed E-state index contributed by atoms with van der Waals surface area (Å²) in [6, 6.07) is 2.99. The molecule has 2 rings (SSSR count). The van der Waals surface area contributed by atoms with Gasteiger partial charge in [0.25, 0.3) is 5.91 Å². The highest BCUT2D eigenvalue weighted by atomic mass is 32.2. The normalized spacial score (nSPS) is 18.5. The second-order valence-corrected chi connectivity index (χ2v) is 7.86. The molecule has 1 aromatic rings. The molecule has 0 aliphatic carbocycles. The van der Waals surface area contributed by atoms with Gasteiger partial charge in [0, 0.05) is 11.6 Å². The number of methoxy groups -OCH3 is 3. The van der Waals surface area contributed by atoms with Gasteiger partial charge in [-0.3, -0.25) is 4.79 Å². The van der Waals surface area contributed by atoms with Crippen LogP contribution in [0.25, 0.3) is 0 Å². The standard InChI is InChI=1S/C16H22N2O7S/c1-22-13-6-11(7-14(23-2)16(13)24-3)8-17-25-9-15(19)18-12-4-5-26(20,21)10-12/h6-8,12H,4-5,9-10H2,1-3H3,(H,18,19)/b17-8-/t12-/m0/s1. The summed E-state index contributed by atoms with van der Waals surface area (Å²) < 4.78 is 38.4. The van der Waals surface area contributed by atoms with Gasteiger partial charge in [0.1, 0.15) is 0 Å². The maximum absolute atomic E-state index is 11.7. The van der Waals surface area contributed by atoms with E-state index in [1.165, 1.54) is 27.5 Å². The third kappa shape index (κ3) is 5.25. The van der Waals surface area contributed by atoms with Crippen LogP contribution in [0.4, 0.5) is 0 Å². The van der Waals surface area contributed by atoms with Crippen molar-refractivity contribution in [3.05, 3.63) is 17.7 Å². The molecule has 10 heteroatoms. The predicted molar refractivity (Wildman–Crippen MR) is 94.8 cm³/mol. The third-order valence-corrected chi connectivity index (χ3v) is 5.52. The molecule has 144 valence electrons. The quantitative estimate of drug-likeness (QED) is 0.507. The van der Waals surface area contributed by atoms with Crippen LogP contribution in [-0.4, -0.2) is 66.0 Å². The summed E-state index contributed by atoms with van der Waals surface area (Å²) in [7, 11) is 1.47. The molecule has 1 aromatic carbocycles. The van der Waals surface area contributed by atoms with Crippen LogP contribution in [0.5, 0.6) is 17.2 Å². The average molecular weight is 386 g/mol. The Labute approximate surface area is 152 Å². The van der Waals surface area contributed by atoms with E-state index in [1.54, 1.807) is 12.1 Å². The lowest BCUT2D eigenvalue weighted by molar-refractivity contribution is -0.126. The van der Waals surface area contributed by atoms with E-state index in [0.29, 0.717) is 29.2 Å². The summed E-state index contributed by atoms with van der Waals surface area (Å²) in [5.74, 6) is 1.03. The number of rotatable bonds is 8. The average Bonchev–Trinajstić information content (AvgIpc) is 2.95. The van der Waals surface area contributed by atoms with Gasteiger partial charge in [-0.05, 0) is 18.6 Å². The molecule has 0 radical (unpaired) electrons. The van der Waals surface area contributed by atoms with Crippen molar-refractivity contribution < 1.29 is 32.3 Å². The number of carbonyl (C=O) groups excluding carboxylic acids is 1. The number of sulfone groups is 1. The molecule has 1 atom stereocenters. The molecule has 1 N–H and O–H groups in total. The molecule has 1 heterocycles. The molecule has 1 aliphatic heterocycles. The number of hydrogen-bond donors (Lipinski definition) is 1. The fourth-order valence-corrected chi connectivity index (χ4v) is 4.22. The number of oxime groups is 1. The van der Waals surface area contributed by atoms with Crippen LogP contribution in [0.3, 0.4) is 0 Å². The first-order valence-corrected chi connectivity index (χ1v) is 9.65. The second kappa shape index (κ2) is 8.75. The van der Waals surface area contributed by atoms with Crippen LogP contribution >= 0.6 is 0 Å². The predicted octanol–water partition coefficient (Wildman–Crippen LogP) is 0.366. The lowest BCUT2D eigenvalue weighted by Gasteiger charge is -2.12. The molecule has 0 bridgehead atoms. The minimum absolute atomic E-state index is 0.0343. The molecule has 9 nitrogen and oxygen atoms in total. The first-order chi connectivity index (χ1) is 12.4. The first kappa shape index (κ1) is 19.8. The maximum atomic E-state index is 11.7. The summed E-state index contributed by atoms with van der Waals surface area (Å²) in [6.45, 7) is -0.308. The molecule has 0 aromatic heterocycles. The van der Waals surface area contributed by atoms with Crippen molar-refractivity contribution in [2.24, 2.45) is 5.16 Å². The van der Waals surface area contributed by atoms with Gasteiger partial charge in [0.2, 0.25) is 5.75 Å². The molecule has 0 saturated carbocycles. The van der Waals surface area contributed by atoms with Crippen molar-refractivity contribution >= 4 is 22.0 Å². The monoisotopic (exact) mass is 386 g/mol. The third-order valence-electron chi connectivity index (χ3n) is 3.76. The van der Waals surface area contributed by atoms with E-state index in [2.05, 4.69) is 10.5 Å². The molecule has 26 heavy (non-hydrogen) atoms. The zero-order valence-electron chi connectivity index (χ0n) is 14.9. The van der Waals surface area contributed by atoms with Gasteiger partial charge in [-0.2, -0.15) is 0 Å². The summed E-state index contributed by atoms with van der Waals surface area (Å²) in [6.07, 6.45) is 1.82. The van der Waals surface area contributed by atoms with Gasteiger partial charge < -0.3 is 24.4 Å². The van der Waals surface area contributed by atoms with Gasteiger partial charge >= 0.3 is 0 Å². The van der Waals surface area contributed by atoms with Crippen LogP contribution in [0.15, 0.2) is 17.3 Å². The van der Waals surface area contributed by atoms with Crippen LogP contribution < -0.4 is 19.5 Å². The zero-order chi connectivity index (χ0) is 19.2.